The quantitative estimate of drug-likeness (QED) is 0.630. The Morgan fingerprint density at radius 3 is 3.05 bits per heavy atom. The summed E-state index contributed by atoms with van der Waals surface area (Å²) in [6, 6.07) is 1.39. The van der Waals surface area contributed by atoms with E-state index in [9.17, 15) is 20.0 Å². The first-order valence-corrected chi connectivity index (χ1v) is 6.79. The largest absolute Gasteiger partial charge is 0.396 e. The molecule has 0 radical (unpaired) electrons. The molecule has 1 aromatic heterocycles. The van der Waals surface area contributed by atoms with Gasteiger partial charge >= 0.3 is 0 Å². The zero-order chi connectivity index (χ0) is 15.4. The maximum Gasteiger partial charge on any atom is 0.300 e. The van der Waals surface area contributed by atoms with Gasteiger partial charge in [0.1, 0.15) is 17.6 Å². The molecule has 1 saturated heterocycles. The average molecular weight is 294 g/mol. The van der Waals surface area contributed by atoms with Gasteiger partial charge in [-0.1, -0.05) is 0 Å². The number of piperidine rings is 1. The molecule has 1 aromatic rings. The summed E-state index contributed by atoms with van der Waals surface area (Å²) in [5.74, 6) is 0.0470. The molecule has 1 fully saturated rings. The number of aromatic nitrogens is 1. The third-order valence-electron chi connectivity index (χ3n) is 3.63. The molecule has 2 N–H and O–H groups in total. The number of anilines is 1. The Morgan fingerprint density at radius 1 is 1.67 bits per heavy atom. The number of nitrogens with zero attached hydrogens (tertiary/aromatic N) is 3. The van der Waals surface area contributed by atoms with Crippen molar-refractivity contribution >= 4 is 17.4 Å². The molecule has 1 aliphatic rings. The number of carbonyl (C=O) groups is 1. The van der Waals surface area contributed by atoms with E-state index in [1.54, 1.807) is 11.9 Å². The van der Waals surface area contributed by atoms with Gasteiger partial charge in [-0.2, -0.15) is 0 Å². The average Bonchev–Trinajstić information content (AvgIpc) is 2.53. The lowest BCUT2D eigenvalue weighted by Gasteiger charge is -2.31. The van der Waals surface area contributed by atoms with Crippen molar-refractivity contribution in [3.05, 3.63) is 27.9 Å². The molecule has 0 spiro atoms. The number of pyridine rings is 1. The molecule has 0 aromatic carbocycles. The first-order valence-electron chi connectivity index (χ1n) is 6.79. The second-order valence-corrected chi connectivity index (χ2v) is 5.04. The van der Waals surface area contributed by atoms with Gasteiger partial charge in [0.2, 0.25) is 0 Å². The van der Waals surface area contributed by atoms with Crippen LogP contribution in [0.2, 0.25) is 0 Å². The summed E-state index contributed by atoms with van der Waals surface area (Å²) in [4.78, 5) is 28.4. The molecule has 1 unspecified atom stereocenters. The SMILES string of the molecule is CNc1cc(C(=O)N2CCCC(CO)C2)c([N+](=O)[O-])cn1. The molecular weight excluding hydrogens is 276 g/mol. The zero-order valence-electron chi connectivity index (χ0n) is 11.8. The molecule has 114 valence electrons. The van der Waals surface area contributed by atoms with Gasteiger partial charge in [-0.3, -0.25) is 14.9 Å². The number of nitro groups is 1. The van der Waals surface area contributed by atoms with Crippen molar-refractivity contribution in [3.63, 3.8) is 0 Å². The van der Waals surface area contributed by atoms with E-state index in [-0.39, 0.29) is 23.8 Å². The number of aliphatic hydroxyl groups excluding tert-OH is 1. The number of hydrogen-bond donors (Lipinski definition) is 2. The number of amides is 1. The van der Waals surface area contributed by atoms with Gasteiger partial charge < -0.3 is 15.3 Å². The van der Waals surface area contributed by atoms with Crippen molar-refractivity contribution in [3.8, 4) is 0 Å². The van der Waals surface area contributed by atoms with E-state index in [2.05, 4.69) is 10.3 Å². The van der Waals surface area contributed by atoms with Crippen LogP contribution in [0.3, 0.4) is 0 Å². The van der Waals surface area contributed by atoms with Gasteiger partial charge in [0.05, 0.1) is 4.92 Å². The Morgan fingerprint density at radius 2 is 2.43 bits per heavy atom. The van der Waals surface area contributed by atoms with E-state index < -0.39 is 10.8 Å². The summed E-state index contributed by atoms with van der Waals surface area (Å²) < 4.78 is 0. The van der Waals surface area contributed by atoms with Crippen molar-refractivity contribution in [2.45, 2.75) is 12.8 Å². The maximum atomic E-state index is 12.5. The Hall–Kier alpha value is -2.22. The summed E-state index contributed by atoms with van der Waals surface area (Å²) in [5, 5.41) is 23.1. The summed E-state index contributed by atoms with van der Waals surface area (Å²) >= 11 is 0. The first kappa shape index (κ1) is 15.2. The fraction of sp³-hybridized carbons (Fsp3) is 0.538. The predicted molar refractivity (Wildman–Crippen MR) is 76.2 cm³/mol. The second kappa shape index (κ2) is 6.49. The molecule has 0 bridgehead atoms. The van der Waals surface area contributed by atoms with Gasteiger partial charge in [0.15, 0.2) is 0 Å². The van der Waals surface area contributed by atoms with Crippen LogP contribution in [0.15, 0.2) is 12.3 Å². The molecule has 0 aliphatic carbocycles. The van der Waals surface area contributed by atoms with Crippen LogP contribution < -0.4 is 5.32 Å². The zero-order valence-corrected chi connectivity index (χ0v) is 11.8. The van der Waals surface area contributed by atoms with Gasteiger partial charge in [-0.25, -0.2) is 4.98 Å². The van der Waals surface area contributed by atoms with Gasteiger partial charge in [0.25, 0.3) is 11.6 Å². The highest BCUT2D eigenvalue weighted by molar-refractivity contribution is 5.98. The molecule has 0 saturated carbocycles. The summed E-state index contributed by atoms with van der Waals surface area (Å²) in [6.45, 7) is 0.984. The minimum Gasteiger partial charge on any atom is -0.396 e. The Bertz CT molecular complexity index is 549. The lowest BCUT2D eigenvalue weighted by molar-refractivity contribution is -0.385. The number of hydrogen-bond acceptors (Lipinski definition) is 6. The van der Waals surface area contributed by atoms with Crippen molar-refractivity contribution in [1.82, 2.24) is 9.88 Å². The third kappa shape index (κ3) is 3.27. The van der Waals surface area contributed by atoms with Gasteiger partial charge in [-0.15, -0.1) is 0 Å². The summed E-state index contributed by atoms with van der Waals surface area (Å²) in [6.07, 6.45) is 2.74. The van der Waals surface area contributed by atoms with Crippen molar-refractivity contribution in [2.75, 3.05) is 32.1 Å². The maximum absolute atomic E-state index is 12.5. The van der Waals surface area contributed by atoms with Crippen LogP contribution in [0, 0.1) is 16.0 Å². The van der Waals surface area contributed by atoms with E-state index in [1.807, 2.05) is 0 Å². The minimum absolute atomic E-state index is 0.0178. The lowest BCUT2D eigenvalue weighted by Crippen LogP contribution is -2.41. The normalized spacial score (nSPS) is 18.4. The molecule has 1 atom stereocenters. The van der Waals surface area contributed by atoms with Gasteiger partial charge in [0, 0.05) is 32.8 Å². The molecule has 1 amide bonds. The molecule has 1 aliphatic heterocycles. The highest BCUT2D eigenvalue weighted by Gasteiger charge is 2.29. The van der Waals surface area contributed by atoms with E-state index in [4.69, 9.17) is 0 Å². The smallest absolute Gasteiger partial charge is 0.300 e. The van der Waals surface area contributed by atoms with Crippen molar-refractivity contribution in [2.24, 2.45) is 5.92 Å². The molecule has 8 nitrogen and oxygen atoms in total. The van der Waals surface area contributed by atoms with Crippen LogP contribution in [0.4, 0.5) is 11.5 Å². The van der Waals surface area contributed by atoms with Crippen LogP contribution in [-0.4, -0.2) is 52.6 Å². The number of rotatable bonds is 4. The van der Waals surface area contributed by atoms with E-state index in [0.29, 0.717) is 18.9 Å². The van der Waals surface area contributed by atoms with Crippen LogP contribution in [0.5, 0.6) is 0 Å². The van der Waals surface area contributed by atoms with E-state index >= 15 is 0 Å². The van der Waals surface area contributed by atoms with Crippen LogP contribution in [0.1, 0.15) is 23.2 Å². The van der Waals surface area contributed by atoms with Crippen LogP contribution in [0.25, 0.3) is 0 Å². The van der Waals surface area contributed by atoms with Crippen molar-refractivity contribution < 1.29 is 14.8 Å². The first-order chi connectivity index (χ1) is 10.1. The number of carbonyl (C=O) groups excluding carboxylic acids is 1. The predicted octanol–water partition coefficient (Wildman–Crippen LogP) is 0.876. The minimum atomic E-state index is -0.604. The molecule has 8 heteroatoms. The van der Waals surface area contributed by atoms with Gasteiger partial charge in [-0.05, 0) is 18.8 Å². The van der Waals surface area contributed by atoms with E-state index in [0.717, 1.165) is 19.0 Å². The fourth-order valence-electron chi connectivity index (χ4n) is 2.47. The number of nitrogens with one attached hydrogen (secondary N) is 1. The monoisotopic (exact) mass is 294 g/mol. The number of aliphatic hydroxyl groups is 1. The van der Waals surface area contributed by atoms with Crippen LogP contribution in [-0.2, 0) is 0 Å². The van der Waals surface area contributed by atoms with Crippen molar-refractivity contribution in [1.29, 1.82) is 0 Å². The Labute approximate surface area is 121 Å². The number of likely N-dealkylation sites (tertiary alicyclic amines) is 1. The molecular formula is C13H18N4O4. The second-order valence-electron chi connectivity index (χ2n) is 5.04. The Kier molecular flexibility index (Phi) is 4.69. The van der Waals surface area contributed by atoms with Crippen LogP contribution >= 0.6 is 0 Å². The lowest BCUT2D eigenvalue weighted by atomic mass is 9.98. The Balaban J connectivity index is 2.30. The highest BCUT2D eigenvalue weighted by Crippen LogP contribution is 2.24. The summed E-state index contributed by atoms with van der Waals surface area (Å²) in [7, 11) is 1.63. The molecule has 2 rings (SSSR count). The third-order valence-corrected chi connectivity index (χ3v) is 3.63. The molecule has 2 heterocycles. The molecule has 21 heavy (non-hydrogen) atoms. The van der Waals surface area contributed by atoms with E-state index in [1.165, 1.54) is 6.07 Å². The summed E-state index contributed by atoms with van der Waals surface area (Å²) in [5.41, 5.74) is -0.275. The fourth-order valence-corrected chi connectivity index (χ4v) is 2.47. The standard InChI is InChI=1S/C13H18N4O4/c1-14-12-5-10(11(6-15-12)17(20)21)13(19)16-4-2-3-9(7-16)8-18/h5-6,9,18H,2-4,7-8H2,1H3,(H,14,15). The highest BCUT2D eigenvalue weighted by atomic mass is 16.6. The topological polar surface area (TPSA) is 109 Å².